The van der Waals surface area contributed by atoms with Crippen molar-refractivity contribution in [1.29, 1.82) is 0 Å². The maximum absolute atomic E-state index is 12.7. The zero-order valence-electron chi connectivity index (χ0n) is 37.5. The summed E-state index contributed by atoms with van der Waals surface area (Å²) in [5.41, 5.74) is 0. The summed E-state index contributed by atoms with van der Waals surface area (Å²) in [7, 11) is 1.03. The first-order valence-electron chi connectivity index (χ1n) is 22.4. The molecule has 338 valence electrons. The molecule has 10 nitrogen and oxygen atoms in total. The number of carbonyl (C=O) groups excluding carboxylic acids is 2. The van der Waals surface area contributed by atoms with Gasteiger partial charge in [0.05, 0.1) is 33.9 Å². The molecule has 0 aliphatic heterocycles. The van der Waals surface area contributed by atoms with Crippen LogP contribution in [0.1, 0.15) is 149 Å². The largest absolute Gasteiger partial charge is 0.756 e. The lowest BCUT2D eigenvalue weighted by atomic mass is 10.1. The summed E-state index contributed by atoms with van der Waals surface area (Å²) < 4.78 is 33.7. The standard InChI is InChI=1S/C48H82NO9P/c1-6-8-10-12-14-16-18-20-21-22-23-25-27-29-31-33-35-39-48(52)58-46(44-57-59(53,54)56-42-41-49(3,4)5)43-55-47(51)40-36-38-45(50)37-34-32-30-28-26-24-19-17-15-13-11-9-7-2/h8,10,14,16,20-21,23-26,30,32,34,37,45-46,50H,6-7,9,11-13,15,17-19,22,27-29,31,33,35-36,38-44H2,1-5H3/b10-8-,16-14-,21-20-,25-23-,26-24+,32-30+,37-34+/t45?,46-/m1/s1. The van der Waals surface area contributed by atoms with Gasteiger partial charge in [0.25, 0.3) is 7.82 Å². The van der Waals surface area contributed by atoms with Crippen molar-refractivity contribution in [3.05, 3.63) is 85.1 Å². The Morgan fingerprint density at radius 3 is 1.80 bits per heavy atom. The number of rotatable bonds is 39. The first kappa shape index (κ1) is 56.1. The fourth-order valence-corrected chi connectivity index (χ4v) is 6.20. The number of aliphatic hydroxyl groups is 1. The average Bonchev–Trinajstić information content (AvgIpc) is 3.18. The highest BCUT2D eigenvalue weighted by Gasteiger charge is 2.21. The van der Waals surface area contributed by atoms with Crippen LogP contribution in [0.15, 0.2) is 85.1 Å². The van der Waals surface area contributed by atoms with Crippen LogP contribution in [0.5, 0.6) is 0 Å². The van der Waals surface area contributed by atoms with E-state index in [1.807, 2.05) is 33.3 Å². The molecule has 0 rings (SSSR count). The number of allylic oxidation sites excluding steroid dienone is 13. The van der Waals surface area contributed by atoms with E-state index in [1.165, 1.54) is 38.5 Å². The molecule has 0 aliphatic carbocycles. The van der Waals surface area contributed by atoms with Crippen LogP contribution >= 0.6 is 7.82 Å². The number of ether oxygens (including phenoxy) is 2. The van der Waals surface area contributed by atoms with Crippen LogP contribution < -0.4 is 4.89 Å². The normalized spacial score (nSPS) is 14.9. The Labute approximate surface area is 359 Å². The van der Waals surface area contributed by atoms with Crippen molar-refractivity contribution in [2.45, 2.75) is 161 Å². The van der Waals surface area contributed by atoms with E-state index in [4.69, 9.17) is 18.5 Å². The molecule has 3 atom stereocenters. The smallest absolute Gasteiger partial charge is 0.306 e. The molecule has 0 fully saturated rings. The van der Waals surface area contributed by atoms with E-state index >= 15 is 0 Å². The summed E-state index contributed by atoms with van der Waals surface area (Å²) in [4.78, 5) is 37.6. The van der Waals surface area contributed by atoms with Crippen molar-refractivity contribution in [3.63, 3.8) is 0 Å². The van der Waals surface area contributed by atoms with Gasteiger partial charge >= 0.3 is 11.9 Å². The van der Waals surface area contributed by atoms with Gasteiger partial charge in [0, 0.05) is 12.8 Å². The second kappa shape index (κ2) is 39.3. The minimum absolute atomic E-state index is 0.0424. The van der Waals surface area contributed by atoms with Gasteiger partial charge in [-0.25, -0.2) is 0 Å². The molecule has 0 bridgehead atoms. The predicted molar refractivity (Wildman–Crippen MR) is 242 cm³/mol. The molecule has 0 radical (unpaired) electrons. The number of quaternary nitrogens is 1. The third-order valence-electron chi connectivity index (χ3n) is 9.00. The van der Waals surface area contributed by atoms with Crippen LogP contribution in [0.3, 0.4) is 0 Å². The van der Waals surface area contributed by atoms with Gasteiger partial charge in [-0.2, -0.15) is 0 Å². The quantitative estimate of drug-likeness (QED) is 0.0160. The van der Waals surface area contributed by atoms with Crippen molar-refractivity contribution in [2.75, 3.05) is 47.5 Å². The summed E-state index contributed by atoms with van der Waals surface area (Å²) in [6.07, 6.45) is 46.4. The van der Waals surface area contributed by atoms with E-state index in [0.29, 0.717) is 30.3 Å². The summed E-state index contributed by atoms with van der Waals surface area (Å²) in [5.74, 6) is -1.07. The van der Waals surface area contributed by atoms with Gasteiger partial charge < -0.3 is 33.0 Å². The Morgan fingerprint density at radius 2 is 1.19 bits per heavy atom. The SMILES string of the molecule is CC/C=C\C/C=C\C/C=C\C/C=C\CCCCCCC(=O)O[C@H](COC(=O)CCCC(O)/C=C/C=C/C/C=C/CCCCCCCC)COP(=O)([O-])OCC[N+](C)(C)C. The third-order valence-corrected chi connectivity index (χ3v) is 9.97. The minimum atomic E-state index is -4.68. The number of nitrogens with zero attached hydrogens (tertiary/aromatic N) is 1. The van der Waals surface area contributed by atoms with Crippen LogP contribution in [-0.4, -0.2) is 81.2 Å². The van der Waals surface area contributed by atoms with E-state index in [9.17, 15) is 24.2 Å². The van der Waals surface area contributed by atoms with Gasteiger partial charge in [0.2, 0.25) is 0 Å². The fraction of sp³-hybridized carbons (Fsp3) is 0.667. The first-order chi connectivity index (χ1) is 28.4. The molecule has 0 amide bonds. The lowest BCUT2D eigenvalue weighted by Gasteiger charge is -2.28. The maximum Gasteiger partial charge on any atom is 0.306 e. The van der Waals surface area contributed by atoms with Crippen molar-refractivity contribution < 1.29 is 47.2 Å². The topological polar surface area (TPSA) is 131 Å². The van der Waals surface area contributed by atoms with Crippen LogP contribution in [0.4, 0.5) is 0 Å². The minimum Gasteiger partial charge on any atom is -0.756 e. The number of hydrogen-bond acceptors (Lipinski definition) is 9. The first-order valence-corrected chi connectivity index (χ1v) is 23.9. The van der Waals surface area contributed by atoms with E-state index < -0.39 is 38.6 Å². The Kier molecular flexibility index (Phi) is 37.4. The number of esters is 2. The zero-order valence-corrected chi connectivity index (χ0v) is 38.4. The molecular weight excluding hydrogens is 766 g/mol. The number of carbonyl (C=O) groups is 2. The second-order valence-corrected chi connectivity index (χ2v) is 17.3. The monoisotopic (exact) mass is 848 g/mol. The molecule has 0 aromatic heterocycles. The van der Waals surface area contributed by atoms with E-state index in [2.05, 4.69) is 74.6 Å². The van der Waals surface area contributed by atoms with Gasteiger partial charge in [-0.05, 0) is 77.0 Å². The number of phosphoric ester groups is 1. The molecule has 0 saturated carbocycles. The van der Waals surface area contributed by atoms with Crippen molar-refractivity contribution in [1.82, 2.24) is 0 Å². The van der Waals surface area contributed by atoms with Gasteiger partial charge in [0.15, 0.2) is 6.10 Å². The van der Waals surface area contributed by atoms with Gasteiger partial charge in [-0.15, -0.1) is 0 Å². The average molecular weight is 848 g/mol. The van der Waals surface area contributed by atoms with Crippen molar-refractivity contribution in [3.8, 4) is 0 Å². The van der Waals surface area contributed by atoms with Crippen molar-refractivity contribution >= 4 is 19.8 Å². The maximum atomic E-state index is 12.7. The molecule has 0 aromatic rings. The lowest BCUT2D eigenvalue weighted by Crippen LogP contribution is -2.37. The Balaban J connectivity index is 4.59. The Bertz CT molecular complexity index is 1300. The highest BCUT2D eigenvalue weighted by atomic mass is 31.2. The lowest BCUT2D eigenvalue weighted by molar-refractivity contribution is -0.870. The molecular formula is C48H82NO9P. The highest BCUT2D eigenvalue weighted by Crippen LogP contribution is 2.38. The van der Waals surface area contributed by atoms with E-state index in [0.717, 1.165) is 64.2 Å². The number of aliphatic hydroxyl groups excluding tert-OH is 1. The molecule has 59 heavy (non-hydrogen) atoms. The molecule has 0 heterocycles. The van der Waals surface area contributed by atoms with E-state index in [-0.39, 0.29) is 26.1 Å². The zero-order chi connectivity index (χ0) is 43.7. The molecule has 0 saturated heterocycles. The number of unbranched alkanes of at least 4 members (excludes halogenated alkanes) is 10. The summed E-state index contributed by atoms with van der Waals surface area (Å²) >= 11 is 0. The van der Waals surface area contributed by atoms with Crippen LogP contribution in [0, 0.1) is 0 Å². The molecule has 1 N–H and O–H groups in total. The number of phosphoric acid groups is 1. The van der Waals surface area contributed by atoms with Crippen LogP contribution in [0.2, 0.25) is 0 Å². The number of hydrogen-bond donors (Lipinski definition) is 1. The fourth-order valence-electron chi connectivity index (χ4n) is 5.48. The summed E-state index contributed by atoms with van der Waals surface area (Å²) in [6.45, 7) is 3.83. The van der Waals surface area contributed by atoms with Gasteiger partial charge in [-0.1, -0.05) is 144 Å². The molecule has 0 spiro atoms. The summed E-state index contributed by atoms with van der Waals surface area (Å²) in [5, 5.41) is 10.3. The third kappa shape index (κ3) is 43.1. The summed E-state index contributed by atoms with van der Waals surface area (Å²) in [6, 6.07) is 0. The predicted octanol–water partition coefficient (Wildman–Crippen LogP) is 11.1. The van der Waals surface area contributed by atoms with Gasteiger partial charge in [-0.3, -0.25) is 14.2 Å². The molecule has 11 heteroatoms. The van der Waals surface area contributed by atoms with E-state index in [1.54, 1.807) is 12.2 Å². The molecule has 2 unspecified atom stereocenters. The second-order valence-electron chi connectivity index (χ2n) is 15.9. The van der Waals surface area contributed by atoms with Gasteiger partial charge in [0.1, 0.15) is 19.8 Å². The molecule has 0 aliphatic rings. The molecule has 0 aromatic carbocycles. The Hall–Kier alpha value is -2.85. The van der Waals surface area contributed by atoms with Crippen molar-refractivity contribution in [2.24, 2.45) is 0 Å². The highest BCUT2D eigenvalue weighted by molar-refractivity contribution is 7.45. The Morgan fingerprint density at radius 1 is 0.644 bits per heavy atom. The number of likely N-dealkylation sites (N-methyl/N-ethyl adjacent to an activating group) is 1. The van der Waals surface area contributed by atoms with Crippen LogP contribution in [0.25, 0.3) is 0 Å². The van der Waals surface area contributed by atoms with Crippen LogP contribution in [-0.2, 0) is 32.7 Å².